The van der Waals surface area contributed by atoms with Crippen LogP contribution in [-0.4, -0.2) is 34.2 Å². The van der Waals surface area contributed by atoms with Crippen LogP contribution in [0.4, 0.5) is 5.95 Å². The second-order valence-corrected chi connectivity index (χ2v) is 5.16. The van der Waals surface area contributed by atoms with Crippen LogP contribution in [-0.2, 0) is 17.9 Å². The number of aromatic hydroxyl groups is 1. The SMILES string of the molecule is [B]c1cc(Cl)c(-c2nc(N)nc3c2CN(C=O)C3)cc1O. The number of carbonyl (C=O) groups is 1. The Labute approximate surface area is 127 Å². The fourth-order valence-corrected chi connectivity index (χ4v) is 2.62. The molecule has 21 heavy (non-hydrogen) atoms. The van der Waals surface area contributed by atoms with Gasteiger partial charge in [-0.15, -0.1) is 0 Å². The van der Waals surface area contributed by atoms with E-state index in [1.165, 1.54) is 12.1 Å². The van der Waals surface area contributed by atoms with Gasteiger partial charge in [-0.25, -0.2) is 9.97 Å². The number of anilines is 1. The van der Waals surface area contributed by atoms with Gasteiger partial charge >= 0.3 is 0 Å². The first-order valence-corrected chi connectivity index (χ1v) is 6.50. The highest BCUT2D eigenvalue weighted by Gasteiger charge is 2.25. The monoisotopic (exact) mass is 300 g/mol. The van der Waals surface area contributed by atoms with Crippen LogP contribution in [0, 0.1) is 0 Å². The van der Waals surface area contributed by atoms with Crippen molar-refractivity contribution in [1.82, 2.24) is 14.9 Å². The molecule has 0 saturated heterocycles. The molecular weight excluding hydrogens is 290 g/mol. The van der Waals surface area contributed by atoms with Crippen molar-refractivity contribution < 1.29 is 9.90 Å². The molecule has 8 heteroatoms. The van der Waals surface area contributed by atoms with E-state index in [9.17, 15) is 9.90 Å². The lowest BCUT2D eigenvalue weighted by atomic mass is 9.92. The van der Waals surface area contributed by atoms with Gasteiger partial charge in [0.1, 0.15) is 13.6 Å². The molecule has 1 aliphatic heterocycles. The average molecular weight is 301 g/mol. The highest BCUT2D eigenvalue weighted by Crippen LogP contribution is 2.35. The molecular formula is C13H10BClN4O2. The molecule has 0 spiro atoms. The van der Waals surface area contributed by atoms with Gasteiger partial charge in [0.15, 0.2) is 0 Å². The molecule has 1 aromatic heterocycles. The molecule has 2 radical (unpaired) electrons. The number of phenolic OH excluding ortho intramolecular Hbond substituents is 1. The van der Waals surface area contributed by atoms with Crippen molar-refractivity contribution in [2.24, 2.45) is 0 Å². The zero-order valence-electron chi connectivity index (χ0n) is 10.9. The van der Waals surface area contributed by atoms with Crippen molar-refractivity contribution in [2.45, 2.75) is 13.1 Å². The zero-order chi connectivity index (χ0) is 15.1. The summed E-state index contributed by atoms with van der Waals surface area (Å²) >= 11 is 6.18. The molecule has 0 fully saturated rings. The quantitative estimate of drug-likeness (QED) is 0.617. The molecule has 0 saturated carbocycles. The first-order valence-electron chi connectivity index (χ1n) is 6.12. The van der Waals surface area contributed by atoms with E-state index in [0.29, 0.717) is 35.1 Å². The lowest BCUT2D eigenvalue weighted by Crippen LogP contribution is -2.13. The van der Waals surface area contributed by atoms with Gasteiger partial charge in [0, 0.05) is 22.7 Å². The van der Waals surface area contributed by atoms with E-state index in [1.807, 2.05) is 0 Å². The molecule has 6 nitrogen and oxygen atoms in total. The van der Waals surface area contributed by atoms with E-state index in [4.69, 9.17) is 25.2 Å². The van der Waals surface area contributed by atoms with E-state index >= 15 is 0 Å². The van der Waals surface area contributed by atoms with Crippen molar-refractivity contribution in [2.75, 3.05) is 5.73 Å². The maximum atomic E-state index is 10.9. The first kappa shape index (κ1) is 13.7. The second-order valence-electron chi connectivity index (χ2n) is 4.76. The number of halogens is 1. The third-order valence-corrected chi connectivity index (χ3v) is 3.66. The fourth-order valence-electron chi connectivity index (χ4n) is 2.35. The van der Waals surface area contributed by atoms with Crippen LogP contribution in [0.2, 0.25) is 5.02 Å². The number of nitrogens with two attached hydrogens (primary N) is 1. The number of phenols is 1. The molecule has 0 aliphatic carbocycles. The van der Waals surface area contributed by atoms with Crippen molar-refractivity contribution in [1.29, 1.82) is 0 Å². The number of nitrogen functional groups attached to an aromatic ring is 1. The normalized spacial score (nSPS) is 13.3. The van der Waals surface area contributed by atoms with Crippen molar-refractivity contribution in [3.05, 3.63) is 28.4 Å². The topological polar surface area (TPSA) is 92.3 Å². The maximum absolute atomic E-state index is 10.9. The number of fused-ring (bicyclic) bond motifs is 1. The van der Waals surface area contributed by atoms with E-state index in [-0.39, 0.29) is 17.2 Å². The number of carbonyl (C=O) groups excluding carboxylic acids is 1. The molecule has 0 atom stereocenters. The maximum Gasteiger partial charge on any atom is 0.220 e. The second kappa shape index (κ2) is 4.93. The summed E-state index contributed by atoms with van der Waals surface area (Å²) in [7, 11) is 5.61. The summed E-state index contributed by atoms with van der Waals surface area (Å²) < 4.78 is 0. The van der Waals surface area contributed by atoms with Crippen LogP contribution in [0.1, 0.15) is 11.3 Å². The molecule has 104 valence electrons. The zero-order valence-corrected chi connectivity index (χ0v) is 11.6. The van der Waals surface area contributed by atoms with Crippen molar-refractivity contribution in [3.63, 3.8) is 0 Å². The third-order valence-electron chi connectivity index (χ3n) is 3.34. The summed E-state index contributed by atoms with van der Waals surface area (Å²) in [6, 6.07) is 2.88. The highest BCUT2D eigenvalue weighted by molar-refractivity contribution is 6.39. The van der Waals surface area contributed by atoms with E-state index in [0.717, 1.165) is 12.0 Å². The number of rotatable bonds is 2. The summed E-state index contributed by atoms with van der Waals surface area (Å²) in [5.74, 6) is -0.00513. The minimum atomic E-state index is -0.0921. The Kier molecular flexibility index (Phi) is 3.21. The Morgan fingerprint density at radius 1 is 1.38 bits per heavy atom. The summed E-state index contributed by atoms with van der Waals surface area (Å²) in [6.07, 6.45) is 0.740. The standard InChI is InChI=1S/C13H10BClN4O2/c14-8-2-9(15)6(1-11(8)21)12-7-3-19(5-20)4-10(7)17-13(16)18-12/h1-2,5,21H,3-4H2,(H2,16,17,18). The molecule has 1 aromatic carbocycles. The minimum absolute atomic E-state index is 0.0869. The van der Waals surface area contributed by atoms with Crippen molar-refractivity contribution >= 4 is 37.3 Å². The number of aromatic nitrogens is 2. The van der Waals surface area contributed by atoms with Gasteiger partial charge in [0.25, 0.3) is 0 Å². The van der Waals surface area contributed by atoms with Crippen LogP contribution in [0.5, 0.6) is 5.75 Å². The Morgan fingerprint density at radius 3 is 2.86 bits per heavy atom. The largest absolute Gasteiger partial charge is 0.509 e. The lowest BCUT2D eigenvalue weighted by molar-refractivity contribution is -0.118. The first-order chi connectivity index (χ1) is 9.99. The van der Waals surface area contributed by atoms with Gasteiger partial charge in [-0.05, 0) is 12.1 Å². The van der Waals surface area contributed by atoms with Crippen LogP contribution >= 0.6 is 11.6 Å². The number of hydrogen-bond donors (Lipinski definition) is 2. The molecule has 2 aromatic rings. The lowest BCUT2D eigenvalue weighted by Gasteiger charge is -2.11. The molecule has 0 bridgehead atoms. The van der Waals surface area contributed by atoms with E-state index in [1.54, 1.807) is 4.90 Å². The minimum Gasteiger partial charge on any atom is -0.509 e. The van der Waals surface area contributed by atoms with Crippen LogP contribution in [0.15, 0.2) is 12.1 Å². The number of hydrogen-bond acceptors (Lipinski definition) is 5. The number of amides is 1. The van der Waals surface area contributed by atoms with Gasteiger partial charge in [-0.3, -0.25) is 4.79 Å². The predicted octanol–water partition coefficient (Wildman–Crippen LogP) is 0.351. The summed E-state index contributed by atoms with van der Waals surface area (Å²) in [5.41, 5.74) is 8.34. The summed E-state index contributed by atoms with van der Waals surface area (Å²) in [5, 5.41) is 10.1. The summed E-state index contributed by atoms with van der Waals surface area (Å²) in [4.78, 5) is 20.8. The molecule has 0 unspecified atom stereocenters. The molecule has 3 N–H and O–H groups in total. The Balaban J connectivity index is 2.21. The predicted molar refractivity (Wildman–Crippen MR) is 79.3 cm³/mol. The van der Waals surface area contributed by atoms with E-state index in [2.05, 4.69) is 9.97 Å². The van der Waals surface area contributed by atoms with Gasteiger partial charge in [-0.2, -0.15) is 0 Å². The number of nitrogens with zero attached hydrogens (tertiary/aromatic N) is 3. The Bertz CT molecular complexity index is 753. The Morgan fingerprint density at radius 2 is 2.14 bits per heavy atom. The van der Waals surface area contributed by atoms with Crippen molar-refractivity contribution in [3.8, 4) is 17.0 Å². The van der Waals surface area contributed by atoms with Gasteiger partial charge in [-0.1, -0.05) is 17.1 Å². The number of benzene rings is 1. The van der Waals surface area contributed by atoms with E-state index < -0.39 is 0 Å². The average Bonchev–Trinajstić information content (AvgIpc) is 2.85. The van der Waals surface area contributed by atoms with Gasteiger partial charge < -0.3 is 15.7 Å². The highest BCUT2D eigenvalue weighted by atomic mass is 35.5. The third kappa shape index (κ3) is 2.29. The smallest absolute Gasteiger partial charge is 0.220 e. The van der Waals surface area contributed by atoms with Gasteiger partial charge in [0.05, 0.1) is 17.9 Å². The van der Waals surface area contributed by atoms with Gasteiger partial charge in [0.2, 0.25) is 12.4 Å². The van der Waals surface area contributed by atoms with Crippen LogP contribution in [0.25, 0.3) is 11.3 Å². The Hall–Kier alpha value is -2.28. The van der Waals surface area contributed by atoms with Crippen LogP contribution in [0.3, 0.4) is 0 Å². The fraction of sp³-hybridized carbons (Fsp3) is 0.154. The molecule has 3 rings (SSSR count). The van der Waals surface area contributed by atoms with Crippen LogP contribution < -0.4 is 11.2 Å². The molecule has 1 aliphatic rings. The summed E-state index contributed by atoms with van der Waals surface area (Å²) in [6.45, 7) is 0.743. The molecule has 2 heterocycles. The molecule has 1 amide bonds.